The number of rotatable bonds is 5. The minimum atomic E-state index is 0.00610. The Morgan fingerprint density at radius 2 is 2.13 bits per heavy atom. The average molecular weight is 403 g/mol. The number of methoxy groups -OCH3 is 1. The molecule has 1 amide bonds. The monoisotopic (exact) mass is 403 g/mol. The van der Waals surface area contributed by atoms with Crippen LogP contribution in [-0.4, -0.2) is 44.0 Å². The summed E-state index contributed by atoms with van der Waals surface area (Å²) in [6.07, 6.45) is 4.96. The number of imidazole rings is 1. The van der Waals surface area contributed by atoms with E-state index in [0.717, 1.165) is 17.0 Å². The molecule has 1 saturated heterocycles. The normalized spacial score (nSPS) is 16.9. The maximum Gasteiger partial charge on any atom is 0.231 e. The van der Waals surface area contributed by atoms with Crippen LogP contribution in [-0.2, 0) is 11.3 Å². The number of hydrogen-bond acceptors (Lipinski definition) is 6. The Bertz CT molecular complexity index is 1170. The fourth-order valence-corrected chi connectivity index (χ4v) is 3.81. The quantitative estimate of drug-likeness (QED) is 0.508. The van der Waals surface area contributed by atoms with Gasteiger partial charge in [0, 0.05) is 31.9 Å². The molecule has 0 spiro atoms. The Morgan fingerprint density at radius 1 is 1.20 bits per heavy atom. The second-order valence-electron chi connectivity index (χ2n) is 7.41. The van der Waals surface area contributed by atoms with Crippen molar-refractivity contribution in [3.05, 3.63) is 66.3 Å². The maximum absolute atomic E-state index is 12.5. The first-order valence-corrected chi connectivity index (χ1v) is 9.88. The molecule has 0 N–H and O–H groups in total. The van der Waals surface area contributed by atoms with Gasteiger partial charge >= 0.3 is 0 Å². The molecule has 1 atom stereocenters. The van der Waals surface area contributed by atoms with Crippen LogP contribution >= 0.6 is 0 Å². The standard InChI is InChI=1S/C22H21N5O3/c1-29-17-6-4-5-15(11-17)12-27-13-16(8-9-20(27)28)22-24-21(25-30-22)18-14-26-10-3-2-7-19(26)23-18/h2-7,10-11,14,16H,8-9,12-13H2,1H3. The lowest BCUT2D eigenvalue weighted by atomic mass is 9.97. The van der Waals surface area contributed by atoms with E-state index >= 15 is 0 Å². The van der Waals surface area contributed by atoms with E-state index in [1.165, 1.54) is 0 Å². The number of piperidine rings is 1. The van der Waals surface area contributed by atoms with Crippen LogP contribution in [0.2, 0.25) is 0 Å². The fourth-order valence-electron chi connectivity index (χ4n) is 3.81. The number of fused-ring (bicyclic) bond motifs is 1. The van der Waals surface area contributed by atoms with Crippen molar-refractivity contribution in [2.75, 3.05) is 13.7 Å². The molecule has 5 rings (SSSR count). The summed E-state index contributed by atoms with van der Waals surface area (Å²) < 4.78 is 12.8. The number of carbonyl (C=O) groups excluding carboxylic acids is 1. The van der Waals surface area contributed by atoms with Gasteiger partial charge in [-0.1, -0.05) is 23.4 Å². The minimum absolute atomic E-state index is 0.00610. The van der Waals surface area contributed by atoms with Gasteiger partial charge in [0.1, 0.15) is 17.1 Å². The lowest BCUT2D eigenvalue weighted by molar-refractivity contribution is -0.134. The first-order chi connectivity index (χ1) is 14.7. The summed E-state index contributed by atoms with van der Waals surface area (Å²) in [5.41, 5.74) is 2.52. The van der Waals surface area contributed by atoms with Crippen LogP contribution in [0.15, 0.2) is 59.4 Å². The van der Waals surface area contributed by atoms with Crippen LogP contribution in [0, 0.1) is 0 Å². The number of hydrogen-bond donors (Lipinski definition) is 0. The second kappa shape index (κ2) is 7.62. The predicted octanol–water partition coefficient (Wildman–Crippen LogP) is 3.30. The summed E-state index contributed by atoms with van der Waals surface area (Å²) in [5.74, 6) is 1.93. The van der Waals surface area contributed by atoms with Crippen LogP contribution in [0.3, 0.4) is 0 Å². The van der Waals surface area contributed by atoms with Gasteiger partial charge in [-0.05, 0) is 36.2 Å². The van der Waals surface area contributed by atoms with Crippen molar-refractivity contribution < 1.29 is 14.1 Å². The zero-order valence-corrected chi connectivity index (χ0v) is 16.6. The van der Waals surface area contributed by atoms with Gasteiger partial charge in [-0.15, -0.1) is 0 Å². The smallest absolute Gasteiger partial charge is 0.231 e. The first kappa shape index (κ1) is 18.4. The van der Waals surface area contributed by atoms with Crippen molar-refractivity contribution in [1.29, 1.82) is 0 Å². The number of likely N-dealkylation sites (tertiary alicyclic amines) is 1. The van der Waals surface area contributed by atoms with Gasteiger partial charge < -0.3 is 18.6 Å². The van der Waals surface area contributed by atoms with Crippen LogP contribution in [0.1, 0.15) is 30.2 Å². The van der Waals surface area contributed by atoms with Crippen LogP contribution in [0.5, 0.6) is 5.75 Å². The highest BCUT2D eigenvalue weighted by atomic mass is 16.5. The summed E-state index contributed by atoms with van der Waals surface area (Å²) in [5, 5.41) is 4.13. The van der Waals surface area contributed by atoms with E-state index in [9.17, 15) is 4.79 Å². The van der Waals surface area contributed by atoms with Crippen LogP contribution in [0.25, 0.3) is 17.2 Å². The number of aromatic nitrogens is 4. The van der Waals surface area contributed by atoms with Crippen LogP contribution < -0.4 is 4.74 Å². The molecule has 1 aromatic carbocycles. The molecule has 1 aliphatic heterocycles. The van der Waals surface area contributed by atoms with E-state index in [1.54, 1.807) is 7.11 Å². The first-order valence-electron chi connectivity index (χ1n) is 9.88. The highest BCUT2D eigenvalue weighted by Gasteiger charge is 2.30. The number of ether oxygens (including phenoxy) is 1. The molecule has 0 bridgehead atoms. The molecular weight excluding hydrogens is 382 g/mol. The van der Waals surface area contributed by atoms with E-state index in [2.05, 4.69) is 15.1 Å². The van der Waals surface area contributed by atoms with Gasteiger partial charge in [-0.2, -0.15) is 4.98 Å². The van der Waals surface area contributed by atoms with Gasteiger partial charge in [0.05, 0.1) is 13.0 Å². The molecule has 152 valence electrons. The molecule has 4 heterocycles. The molecule has 1 aliphatic rings. The van der Waals surface area contributed by atoms with E-state index in [-0.39, 0.29) is 11.8 Å². The molecule has 30 heavy (non-hydrogen) atoms. The molecule has 8 heteroatoms. The van der Waals surface area contributed by atoms with Crippen molar-refractivity contribution in [2.45, 2.75) is 25.3 Å². The Morgan fingerprint density at radius 3 is 3.00 bits per heavy atom. The second-order valence-corrected chi connectivity index (χ2v) is 7.41. The van der Waals surface area contributed by atoms with Crippen molar-refractivity contribution in [2.24, 2.45) is 0 Å². The topological polar surface area (TPSA) is 85.8 Å². The number of amides is 1. The zero-order valence-electron chi connectivity index (χ0n) is 16.6. The van der Waals surface area contributed by atoms with Gasteiger partial charge in [0.15, 0.2) is 0 Å². The molecule has 1 fully saturated rings. The lowest BCUT2D eigenvalue weighted by Gasteiger charge is -2.31. The maximum atomic E-state index is 12.5. The van der Waals surface area contributed by atoms with Crippen molar-refractivity contribution in [3.8, 4) is 17.3 Å². The Labute approximate surface area is 173 Å². The highest BCUT2D eigenvalue weighted by Crippen LogP contribution is 2.29. The molecule has 0 saturated carbocycles. The molecule has 3 aromatic heterocycles. The van der Waals surface area contributed by atoms with Crippen molar-refractivity contribution >= 4 is 11.6 Å². The molecular formula is C22H21N5O3. The molecule has 0 aliphatic carbocycles. The Balaban J connectivity index is 1.34. The third-order valence-electron chi connectivity index (χ3n) is 5.39. The van der Waals surface area contributed by atoms with Gasteiger partial charge in [0.2, 0.25) is 17.6 Å². The SMILES string of the molecule is COc1cccc(CN2CC(c3nc(-c4cn5ccccc5n4)no3)CCC2=O)c1. The highest BCUT2D eigenvalue weighted by molar-refractivity contribution is 5.77. The van der Waals surface area contributed by atoms with Gasteiger partial charge in [-0.3, -0.25) is 4.79 Å². The van der Waals surface area contributed by atoms with E-state index < -0.39 is 0 Å². The lowest BCUT2D eigenvalue weighted by Crippen LogP contribution is -2.38. The predicted molar refractivity (Wildman–Crippen MR) is 109 cm³/mol. The number of carbonyl (C=O) groups is 1. The van der Waals surface area contributed by atoms with E-state index in [1.807, 2.05) is 64.2 Å². The van der Waals surface area contributed by atoms with Gasteiger partial charge in [-0.25, -0.2) is 4.98 Å². The van der Waals surface area contributed by atoms with E-state index in [4.69, 9.17) is 9.26 Å². The number of nitrogens with zero attached hydrogens (tertiary/aromatic N) is 5. The average Bonchev–Trinajstić information content (AvgIpc) is 3.42. The summed E-state index contributed by atoms with van der Waals surface area (Å²) in [6.45, 7) is 1.07. The zero-order chi connectivity index (χ0) is 20.5. The minimum Gasteiger partial charge on any atom is -0.497 e. The summed E-state index contributed by atoms with van der Waals surface area (Å²) in [7, 11) is 1.64. The van der Waals surface area contributed by atoms with E-state index in [0.29, 0.717) is 43.3 Å². The molecule has 1 unspecified atom stereocenters. The summed E-state index contributed by atoms with van der Waals surface area (Å²) in [6, 6.07) is 13.6. The van der Waals surface area contributed by atoms with Crippen molar-refractivity contribution in [1.82, 2.24) is 24.4 Å². The van der Waals surface area contributed by atoms with Crippen molar-refractivity contribution in [3.63, 3.8) is 0 Å². The molecule has 4 aromatic rings. The largest absolute Gasteiger partial charge is 0.497 e. The number of benzene rings is 1. The molecule has 8 nitrogen and oxygen atoms in total. The summed E-state index contributed by atoms with van der Waals surface area (Å²) in [4.78, 5) is 23.4. The third-order valence-corrected chi connectivity index (χ3v) is 5.39. The summed E-state index contributed by atoms with van der Waals surface area (Å²) >= 11 is 0. The number of pyridine rings is 1. The Kier molecular flexibility index (Phi) is 4.66. The fraction of sp³-hybridized carbons (Fsp3) is 0.273. The molecule has 0 radical (unpaired) electrons. The Hall–Kier alpha value is -3.68. The third kappa shape index (κ3) is 3.52. The van der Waals surface area contributed by atoms with Gasteiger partial charge in [0.25, 0.3) is 0 Å². The van der Waals surface area contributed by atoms with Crippen LogP contribution in [0.4, 0.5) is 0 Å².